The molecule has 0 saturated carbocycles. The van der Waals surface area contributed by atoms with E-state index >= 15 is 0 Å². The highest BCUT2D eigenvalue weighted by Crippen LogP contribution is 2.31. The summed E-state index contributed by atoms with van der Waals surface area (Å²) in [4.78, 5) is 62.7. The first-order chi connectivity index (χ1) is 22.9. The summed E-state index contributed by atoms with van der Waals surface area (Å²) < 4.78 is 1.98. The van der Waals surface area contributed by atoms with E-state index in [0.29, 0.717) is 31.7 Å². The molecule has 3 aliphatic rings. The number of nitrogens with zero attached hydrogens (tertiary/aromatic N) is 6. The largest absolute Gasteiger partial charge is 0.385 e. The lowest BCUT2D eigenvalue weighted by molar-refractivity contribution is -0.132. The quantitative estimate of drug-likeness (QED) is 0.185. The first kappa shape index (κ1) is 30.5. The Morgan fingerprint density at radius 3 is 2.55 bits per heavy atom. The van der Waals surface area contributed by atoms with Gasteiger partial charge in [-0.05, 0) is 62.4 Å². The topological polar surface area (TPSA) is 163 Å². The molecule has 2 aromatic carbocycles. The Morgan fingerprint density at radius 1 is 0.957 bits per heavy atom. The summed E-state index contributed by atoms with van der Waals surface area (Å²) >= 11 is 0. The molecule has 13 nitrogen and oxygen atoms in total. The molecule has 5 heterocycles. The van der Waals surface area contributed by atoms with Crippen molar-refractivity contribution in [2.24, 2.45) is 0 Å². The van der Waals surface area contributed by atoms with E-state index in [9.17, 15) is 24.3 Å². The number of piperidine rings is 2. The average molecular weight is 637 g/mol. The highest BCUT2D eigenvalue weighted by atomic mass is 16.3. The van der Waals surface area contributed by atoms with E-state index in [1.54, 1.807) is 24.4 Å². The molecule has 2 atom stereocenters. The molecule has 242 valence electrons. The third-order valence-corrected chi connectivity index (χ3v) is 9.27. The third kappa shape index (κ3) is 6.18. The Morgan fingerprint density at radius 2 is 1.74 bits per heavy atom. The fourth-order valence-corrected chi connectivity index (χ4v) is 6.65. The maximum Gasteiger partial charge on any atom is 0.262 e. The predicted octanol–water partition coefficient (Wildman–Crippen LogP) is 3.13. The fourth-order valence-electron chi connectivity index (χ4n) is 6.65. The van der Waals surface area contributed by atoms with E-state index in [1.807, 2.05) is 46.2 Å². The summed E-state index contributed by atoms with van der Waals surface area (Å²) in [6.07, 6.45) is 8.31. The van der Waals surface area contributed by atoms with Gasteiger partial charge in [0.15, 0.2) is 0 Å². The van der Waals surface area contributed by atoms with Gasteiger partial charge in [-0.3, -0.25) is 33.7 Å². The van der Waals surface area contributed by atoms with Gasteiger partial charge in [-0.2, -0.15) is 5.10 Å². The van der Waals surface area contributed by atoms with Crippen molar-refractivity contribution >= 4 is 40.3 Å². The van der Waals surface area contributed by atoms with E-state index in [4.69, 9.17) is 4.98 Å². The zero-order chi connectivity index (χ0) is 32.5. The number of fused-ring (bicyclic) bond motifs is 2. The molecule has 7 rings (SSSR count). The summed E-state index contributed by atoms with van der Waals surface area (Å²) in [6, 6.07) is 12.2. The van der Waals surface area contributed by atoms with E-state index in [2.05, 4.69) is 20.7 Å². The highest BCUT2D eigenvalue weighted by molar-refractivity contribution is 6.22. The molecular weight excluding hydrogens is 600 g/mol. The number of carbonyl (C=O) groups is 4. The van der Waals surface area contributed by atoms with Crippen LogP contribution in [0.5, 0.6) is 0 Å². The number of imide groups is 1. The summed E-state index contributed by atoms with van der Waals surface area (Å²) in [6.45, 7) is 1.99. The van der Waals surface area contributed by atoms with Gasteiger partial charge < -0.3 is 20.6 Å². The van der Waals surface area contributed by atoms with Crippen LogP contribution in [0.25, 0.3) is 22.3 Å². The second-order valence-corrected chi connectivity index (χ2v) is 12.3. The molecule has 2 unspecified atom stereocenters. The molecule has 3 N–H and O–H groups in total. The molecule has 13 heteroatoms. The summed E-state index contributed by atoms with van der Waals surface area (Å²) in [5.41, 5.74) is 4.68. The highest BCUT2D eigenvalue weighted by Gasteiger charge is 2.44. The Bertz CT molecular complexity index is 1850. The SMILES string of the molecule is O=C1CCC(N2C(=O)c3ccc(NCCCCC(=O)N4CCC(n5cc(-c6cnc7ccccc7n6)cn5)CC4)cc3C2=O)C(O)N1. The molecule has 0 radical (unpaired) electrons. The first-order valence-corrected chi connectivity index (χ1v) is 16.1. The zero-order valence-corrected chi connectivity index (χ0v) is 25.8. The van der Waals surface area contributed by atoms with Gasteiger partial charge in [-0.25, -0.2) is 4.98 Å². The van der Waals surface area contributed by atoms with Crippen LogP contribution in [-0.2, 0) is 9.59 Å². The van der Waals surface area contributed by atoms with Crippen molar-refractivity contribution < 1.29 is 24.3 Å². The number of amides is 4. The minimum atomic E-state index is -1.29. The number of likely N-dealkylation sites (tertiary alicyclic amines) is 1. The van der Waals surface area contributed by atoms with Gasteiger partial charge in [0.05, 0.1) is 52.3 Å². The number of carbonyl (C=O) groups excluding carboxylic acids is 4. The lowest BCUT2D eigenvalue weighted by Crippen LogP contribution is -2.57. The standard InChI is InChI=1S/C34H36N8O5/c43-30-11-10-29(32(45)39-30)42-33(46)24-9-8-22(17-25(24)34(42)47)35-14-4-3-7-31(44)40-15-12-23(13-16-40)41-20-21(18-37-41)28-19-36-26-5-1-2-6-27(26)38-28/h1-2,5-6,8-9,17-20,23,29,32,35,45H,3-4,7,10-16H2,(H,39,43). The first-order valence-electron chi connectivity index (χ1n) is 16.1. The molecule has 0 aliphatic carbocycles. The van der Waals surface area contributed by atoms with Crippen LogP contribution in [0.3, 0.4) is 0 Å². The number of benzene rings is 2. The maximum absolute atomic E-state index is 13.1. The summed E-state index contributed by atoms with van der Waals surface area (Å²) in [5.74, 6) is -1.10. The van der Waals surface area contributed by atoms with Gasteiger partial charge in [-0.15, -0.1) is 0 Å². The van der Waals surface area contributed by atoms with Crippen molar-refractivity contribution in [3.63, 3.8) is 0 Å². The van der Waals surface area contributed by atoms with Gasteiger partial charge in [0.25, 0.3) is 11.8 Å². The van der Waals surface area contributed by atoms with E-state index in [0.717, 1.165) is 52.9 Å². The smallest absolute Gasteiger partial charge is 0.262 e. The van der Waals surface area contributed by atoms with Crippen LogP contribution in [0, 0.1) is 0 Å². The van der Waals surface area contributed by atoms with Crippen LogP contribution in [-0.4, -0.2) is 90.2 Å². The molecule has 0 bridgehead atoms. The number of hydrogen-bond donors (Lipinski definition) is 3. The van der Waals surface area contributed by atoms with Crippen molar-refractivity contribution in [3.05, 3.63) is 72.2 Å². The van der Waals surface area contributed by atoms with Gasteiger partial charge >= 0.3 is 0 Å². The van der Waals surface area contributed by atoms with Crippen LogP contribution < -0.4 is 10.6 Å². The van der Waals surface area contributed by atoms with Crippen LogP contribution in [0.1, 0.15) is 71.7 Å². The molecule has 47 heavy (non-hydrogen) atoms. The lowest BCUT2D eigenvalue weighted by atomic mass is 10.0. The molecule has 3 aliphatic heterocycles. The number of para-hydroxylation sites is 2. The molecule has 4 amide bonds. The Hall–Kier alpha value is -5.17. The number of aliphatic hydroxyl groups excluding tert-OH is 1. The number of aromatic nitrogens is 4. The van der Waals surface area contributed by atoms with Crippen molar-refractivity contribution in [1.29, 1.82) is 0 Å². The Labute approximate surface area is 271 Å². The van der Waals surface area contributed by atoms with Crippen LogP contribution >= 0.6 is 0 Å². The molecule has 2 fully saturated rings. The average Bonchev–Trinajstić information content (AvgIpc) is 3.67. The van der Waals surface area contributed by atoms with E-state index < -0.39 is 24.1 Å². The van der Waals surface area contributed by atoms with Gasteiger partial charge in [0.2, 0.25) is 11.8 Å². The monoisotopic (exact) mass is 636 g/mol. The lowest BCUT2D eigenvalue weighted by Gasteiger charge is -2.33. The molecule has 2 saturated heterocycles. The zero-order valence-electron chi connectivity index (χ0n) is 25.8. The number of aliphatic hydroxyl groups is 1. The van der Waals surface area contributed by atoms with Crippen LogP contribution in [0.4, 0.5) is 5.69 Å². The van der Waals surface area contributed by atoms with Crippen molar-refractivity contribution in [3.8, 4) is 11.3 Å². The number of rotatable bonds is 9. The number of unbranched alkanes of at least 4 members (excludes halogenated alkanes) is 1. The minimum absolute atomic E-state index is 0.137. The van der Waals surface area contributed by atoms with Gasteiger partial charge in [0.1, 0.15) is 6.23 Å². The Kier molecular flexibility index (Phi) is 8.37. The predicted molar refractivity (Wildman–Crippen MR) is 172 cm³/mol. The number of nitrogens with one attached hydrogen (secondary N) is 2. The van der Waals surface area contributed by atoms with E-state index in [-0.39, 0.29) is 41.8 Å². The van der Waals surface area contributed by atoms with Gasteiger partial charge in [-0.1, -0.05) is 12.1 Å². The van der Waals surface area contributed by atoms with E-state index in [1.165, 1.54) is 0 Å². The van der Waals surface area contributed by atoms with Gasteiger partial charge in [0, 0.05) is 49.9 Å². The second kappa shape index (κ2) is 12.9. The molecule has 0 spiro atoms. The number of hydrogen-bond acceptors (Lipinski definition) is 9. The van der Waals surface area contributed by atoms with Crippen molar-refractivity contribution in [2.45, 2.75) is 63.3 Å². The molecule has 2 aromatic heterocycles. The summed E-state index contributed by atoms with van der Waals surface area (Å²) in [7, 11) is 0. The normalized spacial score (nSPS) is 20.1. The molecule has 4 aromatic rings. The molecular formula is C34H36N8O5. The van der Waals surface area contributed by atoms with Crippen molar-refractivity contribution in [2.75, 3.05) is 25.0 Å². The summed E-state index contributed by atoms with van der Waals surface area (Å²) in [5, 5.41) is 20.5. The van der Waals surface area contributed by atoms with Crippen LogP contribution in [0.15, 0.2) is 61.1 Å². The van der Waals surface area contributed by atoms with Crippen molar-refractivity contribution in [1.82, 2.24) is 34.9 Å². The number of anilines is 1. The third-order valence-electron chi connectivity index (χ3n) is 9.27. The second-order valence-electron chi connectivity index (χ2n) is 12.3. The fraction of sp³-hybridized carbons (Fsp3) is 0.382. The Balaban J connectivity index is 0.846. The van der Waals surface area contributed by atoms with Crippen LogP contribution in [0.2, 0.25) is 0 Å². The minimum Gasteiger partial charge on any atom is -0.385 e. The maximum atomic E-state index is 13.1.